The van der Waals surface area contributed by atoms with E-state index in [4.69, 9.17) is 39.9 Å². The van der Waals surface area contributed by atoms with Gasteiger partial charge in [0.2, 0.25) is 0 Å². The molecule has 0 atom stereocenters. The number of hydrogen-bond acceptors (Lipinski definition) is 4. The Morgan fingerprint density at radius 3 is 2.50 bits per heavy atom. The van der Waals surface area contributed by atoms with Crippen molar-refractivity contribution in [3.05, 3.63) is 43.8 Å². The molecule has 0 radical (unpaired) electrons. The molecule has 0 bridgehead atoms. The molecule has 2 rings (SSSR count). The van der Waals surface area contributed by atoms with Crippen molar-refractivity contribution >= 4 is 63.9 Å². The van der Waals surface area contributed by atoms with E-state index in [9.17, 15) is 9.59 Å². The molecular formula is C11H5Cl3N2O3S. The van der Waals surface area contributed by atoms with Crippen LogP contribution in [0.25, 0.3) is 0 Å². The minimum absolute atomic E-state index is 0.0173. The maximum absolute atomic E-state index is 12.0. The number of aromatic carboxylic acids is 1. The van der Waals surface area contributed by atoms with Gasteiger partial charge in [0.1, 0.15) is 15.5 Å². The second-order valence-electron chi connectivity index (χ2n) is 3.54. The number of carboxylic acid groups (broad SMARTS) is 1. The first-order chi connectivity index (χ1) is 9.41. The predicted octanol–water partition coefficient (Wildman–Crippen LogP) is 4.05. The number of carbonyl (C=O) groups excluding carboxylic acids is 1. The molecule has 0 unspecified atom stereocenters. The first kappa shape index (κ1) is 15.1. The van der Waals surface area contributed by atoms with E-state index in [1.807, 2.05) is 0 Å². The Morgan fingerprint density at radius 1 is 1.25 bits per heavy atom. The van der Waals surface area contributed by atoms with Gasteiger partial charge in [-0.1, -0.05) is 40.9 Å². The van der Waals surface area contributed by atoms with E-state index in [2.05, 4.69) is 9.69 Å². The molecule has 0 aliphatic carbocycles. The molecule has 1 amide bonds. The standard InChI is InChI=1S/C11H5Cl3N2O3S/c12-4-2-1-3-5(6(4)11(18)19)15-10(17)8-7(13)9(14)16-20-8/h1-3H,(H,15,17)(H,18,19). The van der Waals surface area contributed by atoms with Gasteiger partial charge in [0.15, 0.2) is 5.15 Å². The molecule has 1 aromatic heterocycles. The van der Waals surface area contributed by atoms with Crippen molar-refractivity contribution in [2.45, 2.75) is 0 Å². The average molecular weight is 352 g/mol. The van der Waals surface area contributed by atoms with Crippen LogP contribution in [0.2, 0.25) is 15.2 Å². The number of carbonyl (C=O) groups is 2. The van der Waals surface area contributed by atoms with Crippen LogP contribution in [-0.4, -0.2) is 21.4 Å². The lowest BCUT2D eigenvalue weighted by Gasteiger charge is -2.08. The van der Waals surface area contributed by atoms with E-state index in [1.54, 1.807) is 0 Å². The van der Waals surface area contributed by atoms with E-state index in [1.165, 1.54) is 18.2 Å². The molecule has 0 saturated heterocycles. The number of anilines is 1. The van der Waals surface area contributed by atoms with Crippen molar-refractivity contribution in [3.63, 3.8) is 0 Å². The van der Waals surface area contributed by atoms with Crippen molar-refractivity contribution in [3.8, 4) is 0 Å². The number of nitrogens with one attached hydrogen (secondary N) is 1. The maximum atomic E-state index is 12.0. The molecule has 9 heteroatoms. The number of carboxylic acids is 1. The van der Waals surface area contributed by atoms with Gasteiger partial charge in [0, 0.05) is 0 Å². The summed E-state index contributed by atoms with van der Waals surface area (Å²) in [6, 6.07) is 4.35. The molecule has 5 nitrogen and oxygen atoms in total. The molecule has 1 aromatic carbocycles. The molecule has 1 heterocycles. The zero-order chi connectivity index (χ0) is 14.9. The minimum Gasteiger partial charge on any atom is -0.478 e. The van der Waals surface area contributed by atoms with Crippen molar-refractivity contribution in [1.82, 2.24) is 4.37 Å². The van der Waals surface area contributed by atoms with Gasteiger partial charge in [-0.15, -0.1) is 0 Å². The Morgan fingerprint density at radius 2 is 1.95 bits per heavy atom. The van der Waals surface area contributed by atoms with Crippen molar-refractivity contribution in [2.24, 2.45) is 0 Å². The first-order valence-electron chi connectivity index (χ1n) is 5.05. The van der Waals surface area contributed by atoms with Crippen LogP contribution in [0.3, 0.4) is 0 Å². The number of halogens is 3. The summed E-state index contributed by atoms with van der Waals surface area (Å²) in [7, 11) is 0. The average Bonchev–Trinajstić information content (AvgIpc) is 2.69. The minimum atomic E-state index is -1.25. The molecule has 104 valence electrons. The van der Waals surface area contributed by atoms with Crippen LogP contribution >= 0.6 is 46.3 Å². The lowest BCUT2D eigenvalue weighted by Crippen LogP contribution is -2.14. The first-order valence-corrected chi connectivity index (χ1v) is 6.96. The fraction of sp³-hybridized carbons (Fsp3) is 0. The maximum Gasteiger partial charge on any atom is 0.339 e. The van der Waals surface area contributed by atoms with Crippen molar-refractivity contribution in [2.75, 3.05) is 5.32 Å². The van der Waals surface area contributed by atoms with Crippen LogP contribution in [-0.2, 0) is 0 Å². The second-order valence-corrected chi connectivity index (χ2v) is 5.45. The lowest BCUT2D eigenvalue weighted by molar-refractivity contribution is 0.0698. The van der Waals surface area contributed by atoms with Crippen LogP contribution in [0.15, 0.2) is 18.2 Å². The number of hydrogen-bond donors (Lipinski definition) is 2. The fourth-order valence-corrected chi connectivity index (χ4v) is 2.79. The summed E-state index contributed by atoms with van der Waals surface area (Å²) in [5.41, 5.74) is -0.134. The van der Waals surface area contributed by atoms with Crippen molar-refractivity contribution < 1.29 is 14.7 Å². The van der Waals surface area contributed by atoms with Crippen LogP contribution in [0.4, 0.5) is 5.69 Å². The normalized spacial score (nSPS) is 10.3. The molecule has 0 fully saturated rings. The van der Waals surface area contributed by atoms with Gasteiger partial charge in [-0.2, -0.15) is 4.37 Å². The van der Waals surface area contributed by atoms with E-state index in [-0.39, 0.29) is 31.3 Å². The SMILES string of the molecule is O=C(Nc1cccc(Cl)c1C(=O)O)c1snc(Cl)c1Cl. The third kappa shape index (κ3) is 2.88. The number of benzene rings is 1. The molecule has 0 aliphatic heterocycles. The van der Waals surface area contributed by atoms with Crippen LogP contribution in [0, 0.1) is 0 Å². The summed E-state index contributed by atoms with van der Waals surface area (Å²) >= 11 is 18.1. The number of rotatable bonds is 3. The Kier molecular flexibility index (Phi) is 4.49. The summed E-state index contributed by atoms with van der Waals surface area (Å²) < 4.78 is 3.73. The largest absolute Gasteiger partial charge is 0.478 e. The summed E-state index contributed by atoms with van der Waals surface area (Å²) in [6.07, 6.45) is 0. The summed E-state index contributed by atoms with van der Waals surface area (Å²) in [5.74, 6) is -1.86. The zero-order valence-corrected chi connectivity index (χ0v) is 12.6. The topological polar surface area (TPSA) is 79.3 Å². The predicted molar refractivity (Wildman–Crippen MR) is 78.5 cm³/mol. The highest BCUT2D eigenvalue weighted by atomic mass is 35.5. The van der Waals surface area contributed by atoms with Gasteiger partial charge in [0.25, 0.3) is 5.91 Å². The Balaban J connectivity index is 2.36. The molecule has 0 saturated carbocycles. The van der Waals surface area contributed by atoms with Gasteiger partial charge in [0.05, 0.1) is 10.7 Å². The third-order valence-corrected chi connectivity index (χ3v) is 4.39. The lowest BCUT2D eigenvalue weighted by atomic mass is 10.1. The fourth-order valence-electron chi connectivity index (χ4n) is 1.43. The Hall–Kier alpha value is -1.34. The van der Waals surface area contributed by atoms with Gasteiger partial charge < -0.3 is 10.4 Å². The Bertz CT molecular complexity index is 702. The second kappa shape index (κ2) is 5.97. The van der Waals surface area contributed by atoms with Crippen molar-refractivity contribution in [1.29, 1.82) is 0 Å². The van der Waals surface area contributed by atoms with Gasteiger partial charge in [-0.3, -0.25) is 4.79 Å². The van der Waals surface area contributed by atoms with Crippen LogP contribution < -0.4 is 5.32 Å². The van der Waals surface area contributed by atoms with Gasteiger partial charge >= 0.3 is 5.97 Å². The van der Waals surface area contributed by atoms with E-state index in [0.29, 0.717) is 0 Å². The van der Waals surface area contributed by atoms with Crippen LogP contribution in [0.1, 0.15) is 20.0 Å². The van der Waals surface area contributed by atoms with E-state index < -0.39 is 11.9 Å². The molecule has 0 spiro atoms. The quantitative estimate of drug-likeness (QED) is 0.874. The molecule has 2 aromatic rings. The summed E-state index contributed by atoms with van der Waals surface area (Å²) in [6.45, 7) is 0. The van der Waals surface area contributed by atoms with Gasteiger partial charge in [-0.05, 0) is 23.7 Å². The number of nitrogens with zero attached hydrogens (tertiary/aromatic N) is 1. The smallest absolute Gasteiger partial charge is 0.339 e. The third-order valence-electron chi connectivity index (χ3n) is 2.28. The molecular weight excluding hydrogens is 347 g/mol. The van der Waals surface area contributed by atoms with Gasteiger partial charge in [-0.25, -0.2) is 4.79 Å². The van der Waals surface area contributed by atoms with E-state index >= 15 is 0 Å². The molecule has 0 aliphatic rings. The highest BCUT2D eigenvalue weighted by Crippen LogP contribution is 2.30. The molecule has 20 heavy (non-hydrogen) atoms. The highest BCUT2D eigenvalue weighted by Gasteiger charge is 2.21. The monoisotopic (exact) mass is 350 g/mol. The summed E-state index contributed by atoms with van der Waals surface area (Å²) in [4.78, 5) is 23.2. The molecule has 2 N–H and O–H groups in total. The van der Waals surface area contributed by atoms with E-state index in [0.717, 1.165) is 11.5 Å². The summed E-state index contributed by atoms with van der Waals surface area (Å²) in [5, 5.41) is 11.6. The zero-order valence-electron chi connectivity index (χ0n) is 9.49. The number of aromatic nitrogens is 1. The highest BCUT2D eigenvalue weighted by molar-refractivity contribution is 7.09. The van der Waals surface area contributed by atoms with Crippen LogP contribution in [0.5, 0.6) is 0 Å². The number of amides is 1. The Labute approximate surface area is 132 Å².